The van der Waals surface area contributed by atoms with E-state index in [4.69, 9.17) is 4.74 Å². The molecule has 1 fully saturated rings. The van der Waals surface area contributed by atoms with E-state index in [0.29, 0.717) is 24.4 Å². The van der Waals surface area contributed by atoms with Crippen LogP contribution in [0.15, 0.2) is 71.6 Å². The third kappa shape index (κ3) is 5.33. The molecule has 1 saturated heterocycles. The highest BCUT2D eigenvalue weighted by molar-refractivity contribution is 7.89. The van der Waals surface area contributed by atoms with Gasteiger partial charge in [-0.05, 0) is 56.2 Å². The Hall–Kier alpha value is -3.76. The number of benzene rings is 3. The maximum Gasteiger partial charge on any atom is 0.285 e. The number of nitro benzene ring substituents is 1. The maximum absolute atomic E-state index is 13.2. The van der Waals surface area contributed by atoms with Gasteiger partial charge in [-0.3, -0.25) is 14.9 Å². The number of aryl methyl sites for hydroxylation is 1. The molecule has 1 N–H and O–H groups in total. The Morgan fingerprint density at radius 1 is 1.00 bits per heavy atom. The van der Waals surface area contributed by atoms with Crippen LogP contribution >= 0.6 is 0 Å². The average molecular weight is 496 g/mol. The van der Waals surface area contributed by atoms with Crippen molar-refractivity contribution in [2.45, 2.75) is 31.1 Å². The standard InChI is InChI=1S/C25H25N3O6S/c1-18-9-8-12-21(24(18)28(30)31)25(29)26-22-17-20(35(32,33)27-15-6-3-7-16-27)13-14-23(22)34-19-10-4-2-5-11-19/h2,4-5,8-14,17H,3,6-7,15-16H2,1H3,(H,26,29). The maximum atomic E-state index is 13.2. The fourth-order valence-corrected chi connectivity index (χ4v) is 5.54. The predicted octanol–water partition coefficient (Wildman–Crippen LogP) is 5.12. The largest absolute Gasteiger partial charge is 0.455 e. The fraction of sp³-hybridized carbons (Fsp3) is 0.240. The van der Waals surface area contributed by atoms with E-state index in [1.165, 1.54) is 28.6 Å². The van der Waals surface area contributed by atoms with E-state index in [9.17, 15) is 23.3 Å². The SMILES string of the molecule is Cc1cccc(C(=O)Nc2cc(S(=O)(=O)N3CCCCC3)ccc2Oc2ccccc2)c1[N+](=O)[O-]. The first kappa shape index (κ1) is 24.4. The molecule has 1 aliphatic rings. The van der Waals surface area contributed by atoms with Gasteiger partial charge in [0.15, 0.2) is 5.75 Å². The predicted molar refractivity (Wildman–Crippen MR) is 131 cm³/mol. The summed E-state index contributed by atoms with van der Waals surface area (Å²) in [6.45, 7) is 2.41. The molecular formula is C25H25N3O6S. The number of carbonyl (C=O) groups excluding carboxylic acids is 1. The van der Waals surface area contributed by atoms with Crippen LogP contribution in [-0.2, 0) is 10.0 Å². The number of piperidine rings is 1. The molecule has 0 spiro atoms. The highest BCUT2D eigenvalue weighted by Gasteiger charge is 2.28. The van der Waals surface area contributed by atoms with Gasteiger partial charge in [-0.2, -0.15) is 4.31 Å². The third-order valence-electron chi connectivity index (χ3n) is 5.79. The fourth-order valence-electron chi connectivity index (χ4n) is 4.00. The van der Waals surface area contributed by atoms with Crippen molar-refractivity contribution in [2.75, 3.05) is 18.4 Å². The lowest BCUT2D eigenvalue weighted by atomic mass is 10.1. The summed E-state index contributed by atoms with van der Waals surface area (Å²) in [7, 11) is -3.78. The molecule has 1 amide bonds. The van der Waals surface area contributed by atoms with Crippen molar-refractivity contribution in [1.29, 1.82) is 0 Å². The number of anilines is 1. The molecular weight excluding hydrogens is 470 g/mol. The van der Waals surface area contributed by atoms with Crippen molar-refractivity contribution < 1.29 is 22.9 Å². The van der Waals surface area contributed by atoms with Crippen molar-refractivity contribution in [1.82, 2.24) is 4.31 Å². The molecule has 10 heteroatoms. The normalized spacial score (nSPS) is 14.3. The minimum atomic E-state index is -3.78. The average Bonchev–Trinajstić information content (AvgIpc) is 2.85. The lowest BCUT2D eigenvalue weighted by Gasteiger charge is -2.26. The van der Waals surface area contributed by atoms with Crippen molar-refractivity contribution >= 4 is 27.3 Å². The van der Waals surface area contributed by atoms with E-state index >= 15 is 0 Å². The van der Waals surface area contributed by atoms with Crippen LogP contribution in [0.25, 0.3) is 0 Å². The molecule has 3 aromatic rings. The van der Waals surface area contributed by atoms with Gasteiger partial charge in [0.1, 0.15) is 11.3 Å². The molecule has 3 aromatic carbocycles. The molecule has 9 nitrogen and oxygen atoms in total. The van der Waals surface area contributed by atoms with Crippen LogP contribution in [0.2, 0.25) is 0 Å². The van der Waals surface area contributed by atoms with Crippen LogP contribution in [0.1, 0.15) is 35.2 Å². The molecule has 0 atom stereocenters. The van der Waals surface area contributed by atoms with Gasteiger partial charge in [-0.15, -0.1) is 0 Å². The van der Waals surface area contributed by atoms with Gasteiger partial charge in [-0.1, -0.05) is 36.8 Å². The number of hydrogen-bond donors (Lipinski definition) is 1. The van der Waals surface area contributed by atoms with Crippen LogP contribution in [0.3, 0.4) is 0 Å². The first-order chi connectivity index (χ1) is 16.8. The zero-order chi connectivity index (χ0) is 25.0. The smallest absolute Gasteiger partial charge is 0.285 e. The molecule has 0 unspecified atom stereocenters. The van der Waals surface area contributed by atoms with Gasteiger partial charge in [0, 0.05) is 18.7 Å². The van der Waals surface area contributed by atoms with Gasteiger partial charge in [0.25, 0.3) is 11.6 Å². The number of ether oxygens (including phenoxy) is 1. The highest BCUT2D eigenvalue weighted by atomic mass is 32.2. The first-order valence-electron chi connectivity index (χ1n) is 11.2. The minimum absolute atomic E-state index is 0.00820. The summed E-state index contributed by atoms with van der Waals surface area (Å²) in [4.78, 5) is 24.1. The van der Waals surface area contributed by atoms with E-state index in [-0.39, 0.29) is 27.6 Å². The van der Waals surface area contributed by atoms with Crippen LogP contribution < -0.4 is 10.1 Å². The van der Waals surface area contributed by atoms with Gasteiger partial charge in [0.05, 0.1) is 15.5 Å². The Kier molecular flexibility index (Phi) is 7.13. The number of hydrogen-bond acceptors (Lipinski definition) is 6. The van der Waals surface area contributed by atoms with Gasteiger partial charge in [0.2, 0.25) is 10.0 Å². The van der Waals surface area contributed by atoms with Crippen LogP contribution in [0.4, 0.5) is 11.4 Å². The summed E-state index contributed by atoms with van der Waals surface area (Å²) in [5.74, 6) is -0.0561. The second-order valence-corrected chi connectivity index (χ2v) is 10.2. The van der Waals surface area contributed by atoms with Crippen molar-refractivity contribution in [3.63, 3.8) is 0 Å². The summed E-state index contributed by atoms with van der Waals surface area (Å²) in [6.07, 6.45) is 2.55. The zero-order valence-electron chi connectivity index (χ0n) is 19.1. The minimum Gasteiger partial charge on any atom is -0.455 e. The van der Waals surface area contributed by atoms with E-state index < -0.39 is 20.9 Å². The Morgan fingerprint density at radius 3 is 2.40 bits per heavy atom. The van der Waals surface area contributed by atoms with Crippen LogP contribution in [0, 0.1) is 17.0 Å². The summed E-state index contributed by atoms with van der Waals surface area (Å²) in [5.41, 5.74) is -0.0184. The molecule has 4 rings (SSSR count). The molecule has 0 aliphatic carbocycles. The third-order valence-corrected chi connectivity index (χ3v) is 7.68. The molecule has 182 valence electrons. The number of para-hydroxylation sites is 2. The lowest BCUT2D eigenvalue weighted by molar-refractivity contribution is -0.385. The summed E-state index contributed by atoms with van der Waals surface area (Å²) in [5, 5.41) is 14.2. The number of nitro groups is 1. The quantitative estimate of drug-likeness (QED) is 0.359. The van der Waals surface area contributed by atoms with E-state index in [2.05, 4.69) is 5.32 Å². The Bertz CT molecular complexity index is 1350. The van der Waals surface area contributed by atoms with Crippen LogP contribution in [-0.4, -0.2) is 36.6 Å². The number of rotatable bonds is 7. The molecule has 0 aromatic heterocycles. The molecule has 1 aliphatic heterocycles. The number of carbonyl (C=O) groups is 1. The first-order valence-corrected chi connectivity index (χ1v) is 12.6. The summed E-state index contributed by atoms with van der Waals surface area (Å²) >= 11 is 0. The second kappa shape index (κ2) is 10.2. The molecule has 0 bridgehead atoms. The van der Waals surface area contributed by atoms with Gasteiger partial charge < -0.3 is 10.1 Å². The molecule has 0 radical (unpaired) electrons. The van der Waals surface area contributed by atoms with Gasteiger partial charge in [-0.25, -0.2) is 8.42 Å². The summed E-state index contributed by atoms with van der Waals surface area (Å²) < 4.78 is 33.8. The van der Waals surface area contributed by atoms with E-state index in [0.717, 1.165) is 19.3 Å². The Morgan fingerprint density at radius 2 is 1.71 bits per heavy atom. The van der Waals surface area contributed by atoms with Crippen molar-refractivity contribution in [2.24, 2.45) is 0 Å². The van der Waals surface area contributed by atoms with Gasteiger partial charge >= 0.3 is 0 Å². The number of amides is 1. The molecule has 35 heavy (non-hydrogen) atoms. The van der Waals surface area contributed by atoms with Crippen molar-refractivity contribution in [3.05, 3.63) is 88.0 Å². The Labute approximate surface area is 203 Å². The summed E-state index contributed by atoms with van der Waals surface area (Å²) in [6, 6.07) is 17.5. The number of sulfonamides is 1. The molecule has 0 saturated carbocycles. The van der Waals surface area contributed by atoms with E-state index in [1.54, 1.807) is 43.3 Å². The highest BCUT2D eigenvalue weighted by Crippen LogP contribution is 2.34. The topological polar surface area (TPSA) is 119 Å². The molecule has 1 heterocycles. The number of nitrogens with zero attached hydrogens (tertiary/aromatic N) is 2. The van der Waals surface area contributed by atoms with Crippen LogP contribution in [0.5, 0.6) is 11.5 Å². The van der Waals surface area contributed by atoms with E-state index in [1.807, 2.05) is 6.07 Å². The lowest BCUT2D eigenvalue weighted by Crippen LogP contribution is -2.35. The second-order valence-electron chi connectivity index (χ2n) is 8.22. The monoisotopic (exact) mass is 495 g/mol. The number of nitrogens with one attached hydrogen (secondary N) is 1. The van der Waals surface area contributed by atoms with Crippen molar-refractivity contribution in [3.8, 4) is 11.5 Å². The Balaban J connectivity index is 1.74. The zero-order valence-corrected chi connectivity index (χ0v) is 20.0.